The van der Waals surface area contributed by atoms with E-state index in [1.165, 1.54) is 0 Å². The number of nitrogens with two attached hydrogens (primary N) is 1. The van der Waals surface area contributed by atoms with Crippen LogP contribution in [-0.4, -0.2) is 22.8 Å². The van der Waals surface area contributed by atoms with Gasteiger partial charge in [0.15, 0.2) is 0 Å². The predicted octanol–water partition coefficient (Wildman–Crippen LogP) is 3.02. The topological polar surface area (TPSA) is 59.2 Å². The highest BCUT2D eigenvalue weighted by atomic mass is 16.2. The van der Waals surface area contributed by atoms with Gasteiger partial charge in [-0.1, -0.05) is 48.5 Å². The number of amides is 1. The fourth-order valence-corrected chi connectivity index (χ4v) is 2.54. The summed E-state index contributed by atoms with van der Waals surface area (Å²) in [7, 11) is 1.81. The fourth-order valence-electron chi connectivity index (χ4n) is 2.54. The van der Waals surface area contributed by atoms with Crippen LogP contribution < -0.4 is 5.73 Å². The molecule has 3 aromatic rings. The summed E-state index contributed by atoms with van der Waals surface area (Å²) in [6.07, 6.45) is 0.271. The number of aromatic nitrogens is 1. The van der Waals surface area contributed by atoms with E-state index in [1.54, 1.807) is 4.90 Å². The summed E-state index contributed by atoms with van der Waals surface area (Å²) in [4.78, 5) is 18.6. The van der Waals surface area contributed by atoms with Crippen LogP contribution in [0.3, 0.4) is 0 Å². The maximum atomic E-state index is 12.4. The van der Waals surface area contributed by atoms with Crippen LogP contribution in [-0.2, 0) is 17.8 Å². The summed E-state index contributed by atoms with van der Waals surface area (Å²) in [6.45, 7) is 0.593. The molecular weight excluding hydrogens is 286 g/mol. The van der Waals surface area contributed by atoms with Crippen molar-refractivity contribution in [1.82, 2.24) is 9.88 Å². The van der Waals surface area contributed by atoms with E-state index in [9.17, 15) is 4.79 Å². The second-order valence-electron chi connectivity index (χ2n) is 5.63. The Kier molecular flexibility index (Phi) is 4.24. The Labute approximate surface area is 135 Å². The molecule has 0 saturated carbocycles. The molecule has 1 amide bonds. The molecule has 1 aromatic heterocycles. The maximum Gasteiger partial charge on any atom is 0.228 e. The fraction of sp³-hybridized carbons (Fsp3) is 0.158. The Hall–Kier alpha value is -2.88. The van der Waals surface area contributed by atoms with Gasteiger partial charge in [0.1, 0.15) is 0 Å². The first kappa shape index (κ1) is 15.0. The summed E-state index contributed by atoms with van der Waals surface area (Å²) >= 11 is 0. The first-order valence-corrected chi connectivity index (χ1v) is 7.55. The number of benzene rings is 2. The number of pyridine rings is 1. The minimum Gasteiger partial charge on any atom is -0.397 e. The molecule has 3 rings (SSSR count). The van der Waals surface area contributed by atoms with Crippen LogP contribution in [0.4, 0.5) is 5.69 Å². The van der Waals surface area contributed by atoms with Crippen molar-refractivity contribution in [3.63, 3.8) is 0 Å². The highest BCUT2D eigenvalue weighted by molar-refractivity contribution is 5.89. The van der Waals surface area contributed by atoms with Gasteiger partial charge in [-0.3, -0.25) is 9.78 Å². The highest BCUT2D eigenvalue weighted by Crippen LogP contribution is 2.19. The monoisotopic (exact) mass is 305 g/mol. The van der Waals surface area contributed by atoms with Gasteiger partial charge in [0.05, 0.1) is 23.3 Å². The van der Waals surface area contributed by atoms with Gasteiger partial charge in [-0.25, -0.2) is 0 Å². The van der Waals surface area contributed by atoms with E-state index in [-0.39, 0.29) is 12.3 Å². The van der Waals surface area contributed by atoms with Crippen LogP contribution >= 0.6 is 0 Å². The van der Waals surface area contributed by atoms with E-state index in [0.717, 1.165) is 22.2 Å². The number of anilines is 1. The molecule has 4 heteroatoms. The molecule has 2 N–H and O–H groups in total. The standard InChI is InChI=1S/C19H19N3O/c1-22(13-14-6-3-2-4-7-14)18(23)12-16-11-10-15-8-5-9-17(20)19(15)21-16/h2-11H,12-13,20H2,1H3. The number of rotatable bonds is 4. The predicted molar refractivity (Wildman–Crippen MR) is 92.8 cm³/mol. The number of fused-ring (bicyclic) bond motifs is 1. The molecule has 0 atom stereocenters. The first-order chi connectivity index (χ1) is 11.1. The zero-order valence-electron chi connectivity index (χ0n) is 13.1. The number of hydrogen-bond acceptors (Lipinski definition) is 3. The van der Waals surface area contributed by atoms with E-state index in [4.69, 9.17) is 5.73 Å². The second kappa shape index (κ2) is 6.48. The number of likely N-dealkylation sites (N-methyl/N-ethyl adjacent to an activating group) is 1. The van der Waals surface area contributed by atoms with Crippen LogP contribution in [0.25, 0.3) is 10.9 Å². The molecule has 0 bridgehead atoms. The molecule has 0 saturated heterocycles. The molecule has 0 aliphatic heterocycles. The van der Waals surface area contributed by atoms with Crippen molar-refractivity contribution >= 4 is 22.5 Å². The third kappa shape index (κ3) is 3.48. The van der Waals surface area contributed by atoms with Crippen molar-refractivity contribution in [3.8, 4) is 0 Å². The van der Waals surface area contributed by atoms with Crippen molar-refractivity contribution in [2.75, 3.05) is 12.8 Å². The van der Waals surface area contributed by atoms with E-state index in [1.807, 2.05) is 67.7 Å². The Balaban J connectivity index is 1.73. The zero-order chi connectivity index (χ0) is 16.2. The van der Waals surface area contributed by atoms with Gasteiger partial charge < -0.3 is 10.6 Å². The molecule has 0 fully saturated rings. The third-order valence-electron chi connectivity index (χ3n) is 3.83. The average molecular weight is 305 g/mol. The molecule has 0 unspecified atom stereocenters. The first-order valence-electron chi connectivity index (χ1n) is 7.55. The largest absolute Gasteiger partial charge is 0.397 e. The Morgan fingerprint density at radius 3 is 2.61 bits per heavy atom. The number of carbonyl (C=O) groups is 1. The van der Waals surface area contributed by atoms with Gasteiger partial charge in [-0.2, -0.15) is 0 Å². The van der Waals surface area contributed by atoms with Crippen LogP contribution in [0.2, 0.25) is 0 Å². The molecule has 23 heavy (non-hydrogen) atoms. The molecule has 0 aliphatic carbocycles. The summed E-state index contributed by atoms with van der Waals surface area (Å²) in [5.74, 6) is 0.0372. The lowest BCUT2D eigenvalue weighted by Gasteiger charge is -2.17. The van der Waals surface area contributed by atoms with Gasteiger partial charge in [0, 0.05) is 19.0 Å². The van der Waals surface area contributed by atoms with Gasteiger partial charge >= 0.3 is 0 Å². The smallest absolute Gasteiger partial charge is 0.228 e. The van der Waals surface area contributed by atoms with Crippen molar-refractivity contribution in [2.45, 2.75) is 13.0 Å². The quantitative estimate of drug-likeness (QED) is 0.754. The van der Waals surface area contributed by atoms with Crippen LogP contribution in [0.5, 0.6) is 0 Å². The number of carbonyl (C=O) groups excluding carboxylic acids is 1. The summed E-state index contributed by atoms with van der Waals surface area (Å²) in [6, 6.07) is 19.5. The summed E-state index contributed by atoms with van der Waals surface area (Å²) in [5, 5.41) is 0.985. The van der Waals surface area contributed by atoms with Crippen molar-refractivity contribution < 1.29 is 4.79 Å². The molecule has 4 nitrogen and oxygen atoms in total. The third-order valence-corrected chi connectivity index (χ3v) is 3.83. The van der Waals surface area contributed by atoms with Crippen LogP contribution in [0.1, 0.15) is 11.3 Å². The molecular formula is C19H19N3O. The Morgan fingerprint density at radius 2 is 1.83 bits per heavy atom. The molecule has 0 spiro atoms. The van der Waals surface area contributed by atoms with Crippen molar-refractivity contribution in [2.24, 2.45) is 0 Å². The highest BCUT2D eigenvalue weighted by Gasteiger charge is 2.12. The van der Waals surface area contributed by atoms with Crippen LogP contribution in [0, 0.1) is 0 Å². The SMILES string of the molecule is CN(Cc1ccccc1)C(=O)Cc1ccc2cccc(N)c2n1. The van der Waals surface area contributed by atoms with E-state index >= 15 is 0 Å². The van der Waals surface area contributed by atoms with E-state index < -0.39 is 0 Å². The number of nitrogen functional groups attached to an aromatic ring is 1. The Bertz CT molecular complexity index is 830. The van der Waals surface area contributed by atoms with E-state index in [0.29, 0.717) is 12.2 Å². The molecule has 0 radical (unpaired) electrons. The summed E-state index contributed by atoms with van der Waals surface area (Å²) in [5.41, 5.74) is 9.19. The van der Waals surface area contributed by atoms with Gasteiger partial charge in [0.2, 0.25) is 5.91 Å². The van der Waals surface area contributed by atoms with Crippen molar-refractivity contribution in [3.05, 3.63) is 71.9 Å². The average Bonchev–Trinajstić information content (AvgIpc) is 2.56. The minimum atomic E-state index is 0.0372. The molecule has 116 valence electrons. The lowest BCUT2D eigenvalue weighted by atomic mass is 10.1. The van der Waals surface area contributed by atoms with Gasteiger partial charge in [-0.15, -0.1) is 0 Å². The number of para-hydroxylation sites is 1. The van der Waals surface area contributed by atoms with Crippen molar-refractivity contribution in [1.29, 1.82) is 0 Å². The van der Waals surface area contributed by atoms with E-state index in [2.05, 4.69) is 4.98 Å². The molecule has 0 aliphatic rings. The zero-order valence-corrected chi connectivity index (χ0v) is 13.1. The summed E-state index contributed by atoms with van der Waals surface area (Å²) < 4.78 is 0. The van der Waals surface area contributed by atoms with Gasteiger partial charge in [0.25, 0.3) is 0 Å². The second-order valence-corrected chi connectivity index (χ2v) is 5.63. The number of hydrogen-bond donors (Lipinski definition) is 1. The van der Waals surface area contributed by atoms with Crippen LogP contribution in [0.15, 0.2) is 60.7 Å². The lowest BCUT2D eigenvalue weighted by molar-refractivity contribution is -0.129. The lowest BCUT2D eigenvalue weighted by Crippen LogP contribution is -2.28. The number of nitrogens with zero attached hydrogens (tertiary/aromatic N) is 2. The minimum absolute atomic E-state index is 0.0372. The normalized spacial score (nSPS) is 10.7. The Morgan fingerprint density at radius 1 is 1.04 bits per heavy atom. The molecule has 2 aromatic carbocycles. The molecule has 1 heterocycles. The maximum absolute atomic E-state index is 12.4. The van der Waals surface area contributed by atoms with Gasteiger partial charge in [-0.05, 0) is 17.7 Å².